The van der Waals surface area contributed by atoms with E-state index in [-0.39, 0.29) is 11.6 Å². The fourth-order valence-electron chi connectivity index (χ4n) is 6.43. The lowest BCUT2D eigenvalue weighted by Gasteiger charge is -2.23. The second-order valence-electron chi connectivity index (χ2n) is 10.5. The number of benzene rings is 2. The summed E-state index contributed by atoms with van der Waals surface area (Å²) in [5.74, 6) is 2.34. The van der Waals surface area contributed by atoms with Gasteiger partial charge >= 0.3 is 0 Å². The predicted molar refractivity (Wildman–Crippen MR) is 144 cm³/mol. The van der Waals surface area contributed by atoms with Crippen molar-refractivity contribution in [2.75, 3.05) is 19.8 Å². The molecule has 2 aromatic carbocycles. The molecule has 1 N–H and O–H groups in total. The molecule has 5 rings (SSSR count). The minimum atomic E-state index is -0.267. The van der Waals surface area contributed by atoms with Crippen LogP contribution in [0.1, 0.15) is 61.3 Å². The van der Waals surface area contributed by atoms with Crippen molar-refractivity contribution >= 4 is 5.78 Å². The normalized spacial score (nSPS) is 22.3. The standard InChI is InChI=1S/C31H36FN3O3/c1-4-37-29-14-21(15-30(38-5-2)31(29)22-6-9-24(32)10-7-22)19-35-13-12-25-23(8-11-27(25)35)16-28(36)26-18-33-20(3)17-34-26/h6-7,9-10,14-15,17-18,23,25,27H,4-5,8,11-13,16,19H2,1-3H3/p+1/t23?,25-,27+/m0/s1. The number of rotatable bonds is 10. The second-order valence-corrected chi connectivity index (χ2v) is 10.5. The molecule has 7 heteroatoms. The van der Waals surface area contributed by atoms with Crippen molar-refractivity contribution in [1.29, 1.82) is 0 Å². The minimum Gasteiger partial charge on any atom is -0.493 e. The van der Waals surface area contributed by atoms with Gasteiger partial charge in [0, 0.05) is 30.5 Å². The molecule has 2 fully saturated rings. The first kappa shape index (κ1) is 26.3. The molecule has 2 unspecified atom stereocenters. The lowest BCUT2D eigenvalue weighted by atomic mass is 9.88. The molecule has 1 saturated carbocycles. The third-order valence-electron chi connectivity index (χ3n) is 8.10. The number of Topliss-reactive ketones (excluding diaryl/α,β-unsaturated/α-hetero) is 1. The Morgan fingerprint density at radius 3 is 2.34 bits per heavy atom. The number of hydrogen-bond acceptors (Lipinski definition) is 5. The summed E-state index contributed by atoms with van der Waals surface area (Å²) in [6.07, 6.45) is 7.20. The number of ketones is 1. The Balaban J connectivity index is 1.33. The number of aryl methyl sites for hydroxylation is 1. The fraction of sp³-hybridized carbons (Fsp3) is 0.452. The van der Waals surface area contributed by atoms with Crippen LogP contribution in [0.25, 0.3) is 11.1 Å². The van der Waals surface area contributed by atoms with Crippen molar-refractivity contribution in [3.63, 3.8) is 0 Å². The third kappa shape index (κ3) is 5.58. The van der Waals surface area contributed by atoms with Crippen LogP contribution in [-0.4, -0.2) is 41.6 Å². The summed E-state index contributed by atoms with van der Waals surface area (Å²) in [6, 6.07) is 11.3. The van der Waals surface area contributed by atoms with Crippen LogP contribution < -0.4 is 14.4 Å². The minimum absolute atomic E-state index is 0.107. The van der Waals surface area contributed by atoms with E-state index < -0.39 is 0 Å². The van der Waals surface area contributed by atoms with Crippen molar-refractivity contribution < 1.29 is 23.6 Å². The molecule has 0 bridgehead atoms. The zero-order valence-corrected chi connectivity index (χ0v) is 22.5. The molecule has 38 heavy (non-hydrogen) atoms. The zero-order valence-electron chi connectivity index (χ0n) is 22.5. The molecule has 1 aliphatic heterocycles. The summed E-state index contributed by atoms with van der Waals surface area (Å²) >= 11 is 0. The number of ether oxygens (including phenoxy) is 2. The van der Waals surface area contributed by atoms with Gasteiger partial charge in [0.05, 0.1) is 43.3 Å². The van der Waals surface area contributed by atoms with Crippen LogP contribution in [0.2, 0.25) is 0 Å². The number of hydrogen-bond donors (Lipinski definition) is 1. The Labute approximate surface area is 224 Å². The molecule has 3 aromatic rings. The lowest BCUT2D eigenvalue weighted by Crippen LogP contribution is -3.12. The molecule has 200 valence electrons. The van der Waals surface area contributed by atoms with E-state index in [2.05, 4.69) is 22.1 Å². The number of nitrogens with one attached hydrogen (secondary N) is 1. The van der Waals surface area contributed by atoms with Gasteiger partial charge in [-0.25, -0.2) is 9.37 Å². The first-order valence-electron chi connectivity index (χ1n) is 13.8. The number of likely N-dealkylation sites (tertiary alicyclic amines) is 1. The molecule has 1 aliphatic carbocycles. The van der Waals surface area contributed by atoms with Gasteiger partial charge in [-0.3, -0.25) is 9.78 Å². The number of fused-ring (bicyclic) bond motifs is 1. The summed E-state index contributed by atoms with van der Waals surface area (Å²) < 4.78 is 25.8. The molecular weight excluding hydrogens is 481 g/mol. The quantitative estimate of drug-likeness (QED) is 0.389. The summed E-state index contributed by atoms with van der Waals surface area (Å²) in [5.41, 5.74) is 4.22. The largest absolute Gasteiger partial charge is 0.493 e. The predicted octanol–water partition coefficient (Wildman–Crippen LogP) is 4.84. The SMILES string of the molecule is CCOc1cc(C[NH+]2CC[C@H]3C(CC(=O)c4cnc(C)cn4)CC[C@H]32)cc(OCC)c1-c1ccc(F)cc1. The molecule has 6 nitrogen and oxygen atoms in total. The summed E-state index contributed by atoms with van der Waals surface area (Å²) in [6.45, 7) is 8.87. The van der Waals surface area contributed by atoms with Crippen LogP contribution in [0, 0.1) is 24.6 Å². The van der Waals surface area contributed by atoms with Crippen LogP contribution in [0.5, 0.6) is 11.5 Å². The molecule has 2 aliphatic rings. The van der Waals surface area contributed by atoms with Crippen molar-refractivity contribution in [3.8, 4) is 22.6 Å². The average Bonchev–Trinajstić information content (AvgIpc) is 3.49. The highest BCUT2D eigenvalue weighted by Crippen LogP contribution is 2.41. The van der Waals surface area contributed by atoms with E-state index in [4.69, 9.17) is 9.47 Å². The Bertz CT molecular complexity index is 1240. The topological polar surface area (TPSA) is 65.8 Å². The van der Waals surface area contributed by atoms with E-state index in [9.17, 15) is 9.18 Å². The van der Waals surface area contributed by atoms with Gasteiger partial charge in [-0.2, -0.15) is 0 Å². The maximum atomic E-state index is 13.6. The smallest absolute Gasteiger partial charge is 0.183 e. The first-order valence-corrected chi connectivity index (χ1v) is 13.8. The van der Waals surface area contributed by atoms with Gasteiger partial charge in [0.1, 0.15) is 29.6 Å². The van der Waals surface area contributed by atoms with Crippen molar-refractivity contribution in [3.05, 3.63) is 71.6 Å². The molecule has 1 saturated heterocycles. The highest BCUT2D eigenvalue weighted by molar-refractivity contribution is 5.94. The number of carbonyl (C=O) groups excluding carboxylic acids is 1. The highest BCUT2D eigenvalue weighted by Gasteiger charge is 2.47. The van der Waals surface area contributed by atoms with Gasteiger partial charge in [0.2, 0.25) is 0 Å². The average molecular weight is 519 g/mol. The van der Waals surface area contributed by atoms with Gasteiger partial charge in [-0.05, 0) is 69.4 Å². The first-order chi connectivity index (χ1) is 18.5. The number of aromatic nitrogens is 2. The summed E-state index contributed by atoms with van der Waals surface area (Å²) in [7, 11) is 0. The van der Waals surface area contributed by atoms with Crippen LogP contribution in [0.15, 0.2) is 48.8 Å². The van der Waals surface area contributed by atoms with Gasteiger partial charge in [-0.1, -0.05) is 12.1 Å². The van der Waals surface area contributed by atoms with Gasteiger partial charge in [0.15, 0.2) is 5.78 Å². The van der Waals surface area contributed by atoms with Gasteiger partial charge in [-0.15, -0.1) is 0 Å². The van der Waals surface area contributed by atoms with Crippen molar-refractivity contribution in [1.82, 2.24) is 9.97 Å². The van der Waals surface area contributed by atoms with E-state index >= 15 is 0 Å². The van der Waals surface area contributed by atoms with E-state index in [0.29, 0.717) is 43.2 Å². The van der Waals surface area contributed by atoms with Gasteiger partial charge in [0.25, 0.3) is 0 Å². The lowest BCUT2D eigenvalue weighted by molar-refractivity contribution is -0.927. The second kappa shape index (κ2) is 11.6. The van der Waals surface area contributed by atoms with E-state index in [1.165, 1.54) is 17.7 Å². The molecule has 0 spiro atoms. The monoisotopic (exact) mass is 518 g/mol. The molecule has 0 radical (unpaired) electrons. The zero-order chi connectivity index (χ0) is 26.6. The molecule has 0 amide bonds. The van der Waals surface area contributed by atoms with Gasteiger partial charge < -0.3 is 14.4 Å². The molecule has 2 heterocycles. The Morgan fingerprint density at radius 1 is 1.00 bits per heavy atom. The number of carbonyl (C=O) groups is 1. The van der Waals surface area contributed by atoms with Crippen molar-refractivity contribution in [2.45, 2.75) is 59.0 Å². The van der Waals surface area contributed by atoms with Crippen LogP contribution in [0.4, 0.5) is 4.39 Å². The maximum absolute atomic E-state index is 13.6. The number of quaternary nitrogens is 1. The van der Waals surface area contributed by atoms with Crippen LogP contribution in [-0.2, 0) is 6.54 Å². The fourth-order valence-corrected chi connectivity index (χ4v) is 6.43. The molecule has 1 aromatic heterocycles. The van der Waals surface area contributed by atoms with E-state index in [0.717, 1.165) is 60.7 Å². The van der Waals surface area contributed by atoms with Crippen molar-refractivity contribution in [2.24, 2.45) is 11.8 Å². The summed E-state index contributed by atoms with van der Waals surface area (Å²) in [5, 5.41) is 0. The highest BCUT2D eigenvalue weighted by atomic mass is 19.1. The Morgan fingerprint density at radius 2 is 1.71 bits per heavy atom. The number of nitrogens with zero attached hydrogens (tertiary/aromatic N) is 2. The van der Waals surface area contributed by atoms with Crippen LogP contribution in [0.3, 0.4) is 0 Å². The van der Waals surface area contributed by atoms with Crippen LogP contribution >= 0.6 is 0 Å². The molecular formula is C31H37FN3O3+. The Hall–Kier alpha value is -3.32. The third-order valence-corrected chi connectivity index (χ3v) is 8.10. The molecule has 4 atom stereocenters. The van der Waals surface area contributed by atoms with E-state index in [1.807, 2.05) is 20.8 Å². The van der Waals surface area contributed by atoms with E-state index in [1.54, 1.807) is 29.4 Å². The summed E-state index contributed by atoms with van der Waals surface area (Å²) in [4.78, 5) is 23.0. The number of halogens is 1. The Kier molecular flexibility index (Phi) is 8.03. The maximum Gasteiger partial charge on any atom is 0.183 e.